The molecule has 4 aliphatic rings. The number of carbonyl (C=O) groups is 4. The number of hydrogen-bond donors (Lipinski definition) is 3. The maximum Gasteiger partial charge on any atom is 0.408 e. The van der Waals surface area contributed by atoms with E-state index in [1.54, 1.807) is 26.8 Å². The fraction of sp³-hybridized carbons (Fsp3) is 0.615. The van der Waals surface area contributed by atoms with Gasteiger partial charge in [-0.1, -0.05) is 32.4 Å². The highest BCUT2D eigenvalue weighted by atomic mass is 32.2. The number of allylic oxidation sites excluding steroid dienone is 1. The Morgan fingerprint density at radius 1 is 1.15 bits per heavy atom. The summed E-state index contributed by atoms with van der Waals surface area (Å²) in [4.78, 5) is 62.1. The minimum absolute atomic E-state index is 0.0399. The zero-order chi connectivity index (χ0) is 39.9. The van der Waals surface area contributed by atoms with E-state index in [2.05, 4.69) is 27.3 Å². The van der Waals surface area contributed by atoms with Crippen LogP contribution in [-0.4, -0.2) is 90.3 Å². The van der Waals surface area contributed by atoms with Crippen LogP contribution in [0, 0.1) is 23.6 Å². The summed E-state index contributed by atoms with van der Waals surface area (Å²) in [6.45, 7) is 9.06. The summed E-state index contributed by atoms with van der Waals surface area (Å²) < 4.78 is 59.9. The minimum Gasteiger partial charge on any atom is -0.494 e. The van der Waals surface area contributed by atoms with Crippen LogP contribution in [0.2, 0.25) is 0 Å². The topological polar surface area (TPSA) is 182 Å². The Bertz CT molecular complexity index is 1970. The Balaban J connectivity index is 1.37. The second-order valence-electron chi connectivity index (χ2n) is 16.4. The van der Waals surface area contributed by atoms with E-state index >= 15 is 0 Å². The number of methoxy groups -OCH3 is 1. The normalized spacial score (nSPS) is 29.5. The lowest BCUT2D eigenvalue weighted by atomic mass is 9.85. The number of hydrogen-bond acceptors (Lipinski definition) is 10. The summed E-state index contributed by atoms with van der Waals surface area (Å²) in [6, 6.07) is 2.16. The molecule has 0 bridgehead atoms. The van der Waals surface area contributed by atoms with E-state index in [1.807, 2.05) is 19.1 Å². The lowest BCUT2D eigenvalue weighted by Gasteiger charge is -2.34. The first-order chi connectivity index (χ1) is 25.9. The van der Waals surface area contributed by atoms with Crippen molar-refractivity contribution in [2.24, 2.45) is 17.8 Å². The van der Waals surface area contributed by atoms with E-state index in [4.69, 9.17) is 14.2 Å². The van der Waals surface area contributed by atoms with Crippen molar-refractivity contribution in [3.05, 3.63) is 42.4 Å². The monoisotopic (exact) mass is 785 g/mol. The van der Waals surface area contributed by atoms with Crippen LogP contribution in [0.25, 0.3) is 10.8 Å². The first-order valence-electron chi connectivity index (χ1n) is 19.1. The van der Waals surface area contributed by atoms with E-state index in [1.165, 1.54) is 30.3 Å². The Labute approximate surface area is 321 Å². The van der Waals surface area contributed by atoms with E-state index in [9.17, 15) is 32.0 Å². The number of nitrogens with one attached hydrogen (secondary N) is 3. The van der Waals surface area contributed by atoms with Gasteiger partial charge in [0.1, 0.15) is 29.3 Å². The Kier molecular flexibility index (Phi) is 11.4. The molecule has 6 rings (SSSR count). The predicted molar refractivity (Wildman–Crippen MR) is 201 cm³/mol. The van der Waals surface area contributed by atoms with Gasteiger partial charge in [-0.2, -0.15) is 0 Å². The van der Waals surface area contributed by atoms with Gasteiger partial charge in [-0.3, -0.25) is 19.1 Å². The molecule has 3 heterocycles. The second-order valence-corrected chi connectivity index (χ2v) is 18.4. The minimum atomic E-state index is -3.93. The molecule has 55 heavy (non-hydrogen) atoms. The molecule has 0 radical (unpaired) electrons. The van der Waals surface area contributed by atoms with Gasteiger partial charge >= 0.3 is 6.09 Å². The van der Waals surface area contributed by atoms with Gasteiger partial charge in [0.05, 0.1) is 18.9 Å². The number of aromatic nitrogens is 1. The number of ether oxygens (including phenoxy) is 3. The van der Waals surface area contributed by atoms with Crippen LogP contribution in [0.5, 0.6) is 11.6 Å². The molecule has 4 amide bonds. The Hall–Kier alpha value is -4.47. The number of benzene rings is 1. The summed E-state index contributed by atoms with van der Waals surface area (Å²) in [5.41, 5.74) is -2.40. The number of alkyl carbamates (subject to hydrolysis) is 1. The van der Waals surface area contributed by atoms with Crippen LogP contribution in [0.3, 0.4) is 0 Å². The molecule has 7 atom stereocenters. The van der Waals surface area contributed by atoms with Crippen molar-refractivity contribution in [1.82, 2.24) is 25.2 Å². The molecule has 1 aromatic heterocycles. The molecular weight excluding hydrogens is 734 g/mol. The van der Waals surface area contributed by atoms with E-state index in [0.717, 1.165) is 6.42 Å². The number of nitrogens with zero attached hydrogens (tertiary/aromatic N) is 2. The number of carbonyl (C=O) groups excluding carboxylic acids is 4. The second kappa shape index (κ2) is 15.6. The molecule has 1 unspecified atom stereocenters. The van der Waals surface area contributed by atoms with Crippen molar-refractivity contribution in [3.63, 3.8) is 0 Å². The Morgan fingerprint density at radius 3 is 2.56 bits per heavy atom. The van der Waals surface area contributed by atoms with Crippen LogP contribution >= 0.6 is 0 Å². The quantitative estimate of drug-likeness (QED) is 0.322. The fourth-order valence-corrected chi connectivity index (χ4v) is 9.07. The third-order valence-electron chi connectivity index (χ3n) is 10.9. The van der Waals surface area contributed by atoms with Crippen molar-refractivity contribution >= 4 is 44.6 Å². The summed E-state index contributed by atoms with van der Waals surface area (Å²) >= 11 is 0. The van der Waals surface area contributed by atoms with Gasteiger partial charge in [0.25, 0.3) is 5.91 Å². The highest BCUT2D eigenvalue weighted by Crippen LogP contribution is 2.46. The van der Waals surface area contributed by atoms with Crippen molar-refractivity contribution in [3.8, 4) is 11.6 Å². The zero-order valence-corrected chi connectivity index (χ0v) is 33.0. The smallest absolute Gasteiger partial charge is 0.408 e. The van der Waals surface area contributed by atoms with Gasteiger partial charge in [-0.15, -0.1) is 0 Å². The molecule has 1 saturated heterocycles. The van der Waals surface area contributed by atoms with E-state index in [0.29, 0.717) is 42.9 Å². The number of sulfonamides is 1. The van der Waals surface area contributed by atoms with Crippen molar-refractivity contribution in [1.29, 1.82) is 0 Å². The number of amides is 4. The van der Waals surface area contributed by atoms with Crippen molar-refractivity contribution in [2.75, 3.05) is 13.7 Å². The number of pyridine rings is 1. The molecule has 1 aromatic carbocycles. The van der Waals surface area contributed by atoms with Crippen molar-refractivity contribution in [2.45, 2.75) is 121 Å². The van der Waals surface area contributed by atoms with Gasteiger partial charge in [0, 0.05) is 23.9 Å². The molecule has 2 aliphatic carbocycles. The molecule has 3 N–H and O–H groups in total. The fourth-order valence-electron chi connectivity index (χ4n) is 7.71. The maximum absolute atomic E-state index is 14.9. The molecule has 2 aromatic rings. The van der Waals surface area contributed by atoms with Crippen LogP contribution in [-0.2, 0) is 29.1 Å². The molecule has 2 saturated carbocycles. The van der Waals surface area contributed by atoms with E-state index < -0.39 is 80.2 Å². The first kappa shape index (κ1) is 40.2. The SMILES string of the molecule is CC[C@@H]1C[C@H](C)CC/C=C\C2C[C@@]2(C(=O)NS(=O)(=O)C2CC2)NC(=O)[C@@H]2C[C@@H](Oc3nccc4cc(OC)c(F)cc34)CN2C(=O)[C@H]1NC(=O)OC(C)(C)C. The molecular formula is C39H52FN5O9S. The van der Waals surface area contributed by atoms with E-state index in [-0.39, 0.29) is 42.9 Å². The highest BCUT2D eigenvalue weighted by molar-refractivity contribution is 7.91. The van der Waals surface area contributed by atoms with Crippen LogP contribution in [0.15, 0.2) is 36.5 Å². The van der Waals surface area contributed by atoms with Gasteiger partial charge in [-0.25, -0.2) is 22.6 Å². The summed E-state index contributed by atoms with van der Waals surface area (Å²) in [5.74, 6) is -3.21. The van der Waals surface area contributed by atoms with Gasteiger partial charge in [-0.05, 0) is 94.7 Å². The molecule has 16 heteroatoms. The summed E-state index contributed by atoms with van der Waals surface area (Å²) in [6.07, 6.45) is 7.25. The molecule has 3 fully saturated rings. The van der Waals surface area contributed by atoms with Crippen molar-refractivity contribution < 1.29 is 46.2 Å². The van der Waals surface area contributed by atoms with Gasteiger partial charge in [0.2, 0.25) is 27.7 Å². The maximum atomic E-state index is 14.9. The average molecular weight is 786 g/mol. The molecule has 2 aliphatic heterocycles. The molecule has 0 spiro atoms. The average Bonchev–Trinajstić information content (AvgIpc) is 4.04. The van der Waals surface area contributed by atoms with Gasteiger partial charge < -0.3 is 29.7 Å². The first-order valence-corrected chi connectivity index (χ1v) is 20.6. The summed E-state index contributed by atoms with van der Waals surface area (Å²) in [7, 11) is -2.57. The number of rotatable bonds is 8. The van der Waals surface area contributed by atoms with Crippen LogP contribution in [0.4, 0.5) is 9.18 Å². The zero-order valence-electron chi connectivity index (χ0n) is 32.2. The van der Waals surface area contributed by atoms with Crippen LogP contribution in [0.1, 0.15) is 86.0 Å². The molecule has 300 valence electrons. The Morgan fingerprint density at radius 2 is 1.89 bits per heavy atom. The van der Waals surface area contributed by atoms with Crippen LogP contribution < -0.4 is 24.8 Å². The lowest BCUT2D eigenvalue weighted by Crippen LogP contribution is -2.59. The highest BCUT2D eigenvalue weighted by Gasteiger charge is 2.62. The third kappa shape index (κ3) is 9.00. The molecule has 14 nitrogen and oxygen atoms in total. The number of fused-ring (bicyclic) bond motifs is 3. The third-order valence-corrected chi connectivity index (χ3v) is 12.7. The largest absolute Gasteiger partial charge is 0.494 e. The summed E-state index contributed by atoms with van der Waals surface area (Å²) in [5, 5.41) is 5.97. The predicted octanol–water partition coefficient (Wildman–Crippen LogP) is 4.51. The lowest BCUT2D eigenvalue weighted by molar-refractivity contribution is -0.142. The standard InChI is InChI=1S/C39H52FN5O9S/c1-7-23-16-22(2)10-8-9-11-25-20-39(25,36(48)44-55(50,51)27-12-13-27)43-33(46)30-18-26(21-45(30)35(47)32(23)42-37(49)54-38(3,4)5)53-34-28-19-29(40)31(52-6)17-24(28)14-15-41-34/h9,11,14-15,17,19,22-23,25-27,30,32H,7-8,10,12-13,16,18,20-21H2,1-6H3,(H,42,49)(H,43,46)(H,44,48)/b11-9-/t22-,23-,25?,26-,30+,32+,39-/m1/s1. The van der Waals surface area contributed by atoms with Gasteiger partial charge in [0.15, 0.2) is 11.6 Å². The number of halogens is 1.